The van der Waals surface area contributed by atoms with E-state index in [1.54, 1.807) is 0 Å². The number of tetrazole rings is 1. The fourth-order valence-electron chi connectivity index (χ4n) is 4.67. The van der Waals surface area contributed by atoms with Gasteiger partial charge in [0.2, 0.25) is 0 Å². The molecule has 0 bridgehead atoms. The van der Waals surface area contributed by atoms with Crippen molar-refractivity contribution >= 4 is 18.4 Å². The molecule has 5 rings (SSSR count). The van der Waals surface area contributed by atoms with Gasteiger partial charge in [0, 0.05) is 6.04 Å². The van der Waals surface area contributed by atoms with Crippen LogP contribution in [0.2, 0.25) is 0 Å². The molecule has 188 valence electrons. The Bertz CT molecular complexity index is 1480. The van der Waals surface area contributed by atoms with E-state index < -0.39 is 7.60 Å². The standard InChI is InChI=1S/C28H28N5O3P/c34-37(35,36)18-17-26(25-12-6-10-23-9-4-5-11-24(23)25)29-27(28-30-32-33-31-28)19-20-13-15-22(16-14-20)21-7-2-1-3-8-21/h1-16,26-27,29H,17-19H2,(H2,34,35,36)(H,30,31,32,33)/t26?,27-/m0/s1. The van der Waals surface area contributed by atoms with Crippen LogP contribution < -0.4 is 5.32 Å². The lowest BCUT2D eigenvalue weighted by molar-refractivity contribution is 0.361. The lowest BCUT2D eigenvalue weighted by Gasteiger charge is -2.26. The van der Waals surface area contributed by atoms with Crippen LogP contribution in [-0.4, -0.2) is 36.6 Å². The van der Waals surface area contributed by atoms with Crippen LogP contribution in [0.25, 0.3) is 21.9 Å². The Labute approximate surface area is 214 Å². The summed E-state index contributed by atoms with van der Waals surface area (Å²) in [7, 11) is -4.19. The van der Waals surface area contributed by atoms with Crippen molar-refractivity contribution in [3.63, 3.8) is 0 Å². The second-order valence-electron chi connectivity index (χ2n) is 9.07. The molecule has 2 atom stereocenters. The monoisotopic (exact) mass is 513 g/mol. The lowest BCUT2D eigenvalue weighted by atomic mass is 9.95. The molecule has 0 aliphatic heterocycles. The molecule has 0 amide bonds. The van der Waals surface area contributed by atoms with E-state index in [1.807, 2.05) is 60.7 Å². The predicted octanol–water partition coefficient (Wildman–Crippen LogP) is 5.20. The SMILES string of the molecule is O=P(O)(O)CCC(N[C@@H](Cc1ccc(-c2ccccc2)cc1)c1nnn[nH]1)c1cccc2ccccc12. The van der Waals surface area contributed by atoms with Crippen LogP contribution in [0.5, 0.6) is 0 Å². The molecule has 1 aromatic heterocycles. The fraction of sp³-hybridized carbons (Fsp3) is 0.179. The molecule has 0 fully saturated rings. The minimum absolute atomic E-state index is 0.235. The topological polar surface area (TPSA) is 124 Å². The quantitative estimate of drug-likeness (QED) is 0.189. The van der Waals surface area contributed by atoms with E-state index in [2.05, 4.69) is 62.3 Å². The molecule has 0 radical (unpaired) electrons. The Morgan fingerprint density at radius 3 is 2.24 bits per heavy atom. The van der Waals surface area contributed by atoms with Gasteiger partial charge in [-0.15, -0.1) is 5.10 Å². The third-order valence-corrected chi connectivity index (χ3v) is 7.34. The smallest absolute Gasteiger partial charge is 0.324 e. The summed E-state index contributed by atoms with van der Waals surface area (Å²) >= 11 is 0. The van der Waals surface area contributed by atoms with E-state index in [0.717, 1.165) is 33.0 Å². The highest BCUT2D eigenvalue weighted by atomic mass is 31.2. The maximum absolute atomic E-state index is 11.8. The number of nitrogens with zero attached hydrogens (tertiary/aromatic N) is 3. The highest BCUT2D eigenvalue weighted by Crippen LogP contribution is 2.39. The van der Waals surface area contributed by atoms with Crippen LogP contribution in [-0.2, 0) is 11.0 Å². The van der Waals surface area contributed by atoms with Crippen molar-refractivity contribution in [1.82, 2.24) is 25.9 Å². The number of aromatic amines is 1. The van der Waals surface area contributed by atoms with Crippen molar-refractivity contribution in [2.24, 2.45) is 0 Å². The minimum Gasteiger partial charge on any atom is -0.324 e. The summed E-state index contributed by atoms with van der Waals surface area (Å²) < 4.78 is 11.8. The third-order valence-electron chi connectivity index (χ3n) is 6.50. The van der Waals surface area contributed by atoms with Gasteiger partial charge in [-0.05, 0) is 56.3 Å². The number of aromatic nitrogens is 4. The first-order valence-electron chi connectivity index (χ1n) is 12.1. The van der Waals surface area contributed by atoms with Gasteiger partial charge in [0.25, 0.3) is 0 Å². The highest BCUT2D eigenvalue weighted by Gasteiger charge is 2.25. The molecule has 5 aromatic rings. The van der Waals surface area contributed by atoms with Crippen LogP contribution in [0.4, 0.5) is 0 Å². The molecule has 0 aliphatic carbocycles. The first-order chi connectivity index (χ1) is 18.0. The fourth-order valence-corrected chi connectivity index (χ4v) is 5.27. The molecule has 4 aromatic carbocycles. The summed E-state index contributed by atoms with van der Waals surface area (Å²) in [5.74, 6) is 0.563. The molecule has 37 heavy (non-hydrogen) atoms. The van der Waals surface area contributed by atoms with Crippen molar-refractivity contribution < 1.29 is 14.4 Å². The molecule has 0 aliphatic rings. The average Bonchev–Trinajstić information content (AvgIpc) is 3.46. The van der Waals surface area contributed by atoms with Crippen molar-refractivity contribution in [3.8, 4) is 11.1 Å². The van der Waals surface area contributed by atoms with E-state index in [4.69, 9.17) is 0 Å². The zero-order valence-corrected chi connectivity index (χ0v) is 21.0. The van der Waals surface area contributed by atoms with Crippen molar-refractivity contribution in [3.05, 3.63) is 114 Å². The summed E-state index contributed by atoms with van der Waals surface area (Å²) in [5, 5.41) is 20.3. The Morgan fingerprint density at radius 1 is 0.811 bits per heavy atom. The number of H-pyrrole nitrogens is 1. The van der Waals surface area contributed by atoms with Gasteiger partial charge in [0.15, 0.2) is 5.82 Å². The zero-order valence-electron chi connectivity index (χ0n) is 20.1. The highest BCUT2D eigenvalue weighted by molar-refractivity contribution is 7.51. The summed E-state index contributed by atoms with van der Waals surface area (Å²) in [6.07, 6.45) is 0.605. The van der Waals surface area contributed by atoms with Gasteiger partial charge >= 0.3 is 7.60 Å². The second-order valence-corrected chi connectivity index (χ2v) is 10.8. The van der Waals surface area contributed by atoms with Crippen molar-refractivity contribution in [1.29, 1.82) is 0 Å². The Hall–Kier alpha value is -3.68. The summed E-state index contributed by atoms with van der Waals surface area (Å²) in [4.78, 5) is 19.3. The predicted molar refractivity (Wildman–Crippen MR) is 144 cm³/mol. The number of rotatable bonds is 10. The molecule has 4 N–H and O–H groups in total. The summed E-state index contributed by atoms with van der Waals surface area (Å²) in [6, 6.07) is 31.9. The molecule has 0 saturated heterocycles. The maximum atomic E-state index is 11.8. The van der Waals surface area contributed by atoms with E-state index in [-0.39, 0.29) is 24.7 Å². The molecule has 0 spiro atoms. The summed E-state index contributed by atoms with van der Waals surface area (Å²) in [6.45, 7) is 0. The molecule has 8 nitrogen and oxygen atoms in total. The number of nitrogens with one attached hydrogen (secondary N) is 2. The largest absolute Gasteiger partial charge is 0.325 e. The van der Waals surface area contributed by atoms with Gasteiger partial charge in [-0.1, -0.05) is 97.1 Å². The van der Waals surface area contributed by atoms with Crippen LogP contribution >= 0.6 is 7.60 Å². The van der Waals surface area contributed by atoms with Crippen LogP contribution in [0.1, 0.15) is 35.5 Å². The molecular formula is C28H28N5O3P. The van der Waals surface area contributed by atoms with Gasteiger partial charge in [-0.25, -0.2) is 5.10 Å². The van der Waals surface area contributed by atoms with Crippen LogP contribution in [0.3, 0.4) is 0 Å². The molecule has 0 saturated carbocycles. The van der Waals surface area contributed by atoms with Gasteiger partial charge in [0.1, 0.15) is 0 Å². The molecular weight excluding hydrogens is 485 g/mol. The summed E-state index contributed by atoms with van der Waals surface area (Å²) in [5.41, 5.74) is 4.34. The number of hydrogen-bond donors (Lipinski definition) is 4. The first-order valence-corrected chi connectivity index (χ1v) is 13.9. The van der Waals surface area contributed by atoms with Crippen LogP contribution in [0, 0.1) is 0 Å². The second kappa shape index (κ2) is 11.2. The molecule has 1 unspecified atom stereocenters. The number of benzene rings is 4. The first kappa shape index (κ1) is 25.0. The van der Waals surface area contributed by atoms with Crippen molar-refractivity contribution in [2.75, 3.05) is 6.16 Å². The van der Waals surface area contributed by atoms with E-state index >= 15 is 0 Å². The van der Waals surface area contributed by atoms with Crippen molar-refractivity contribution in [2.45, 2.75) is 24.9 Å². The van der Waals surface area contributed by atoms with Crippen LogP contribution in [0.15, 0.2) is 97.1 Å². The van der Waals surface area contributed by atoms with Gasteiger partial charge in [-0.2, -0.15) is 0 Å². The third kappa shape index (κ3) is 6.37. The van der Waals surface area contributed by atoms with E-state index in [0.29, 0.717) is 12.2 Å². The average molecular weight is 514 g/mol. The molecule has 9 heteroatoms. The number of hydrogen-bond acceptors (Lipinski definition) is 5. The molecule has 1 heterocycles. The number of fused-ring (bicyclic) bond motifs is 1. The normalized spacial score (nSPS) is 13.5. The maximum Gasteiger partial charge on any atom is 0.325 e. The Balaban J connectivity index is 1.45. The lowest BCUT2D eigenvalue weighted by Crippen LogP contribution is -2.30. The Kier molecular flexibility index (Phi) is 7.53. The van der Waals surface area contributed by atoms with E-state index in [1.165, 1.54) is 0 Å². The zero-order chi connectivity index (χ0) is 25.7. The Morgan fingerprint density at radius 2 is 1.51 bits per heavy atom. The van der Waals surface area contributed by atoms with Gasteiger partial charge in [-0.3, -0.25) is 4.57 Å². The minimum atomic E-state index is -4.19. The van der Waals surface area contributed by atoms with E-state index in [9.17, 15) is 14.4 Å². The van der Waals surface area contributed by atoms with Gasteiger partial charge < -0.3 is 15.1 Å². The van der Waals surface area contributed by atoms with Gasteiger partial charge in [0.05, 0.1) is 12.2 Å².